The van der Waals surface area contributed by atoms with Gasteiger partial charge in [0, 0.05) is 12.1 Å². The Morgan fingerprint density at radius 1 is 0.926 bits per heavy atom. The summed E-state index contributed by atoms with van der Waals surface area (Å²) in [5, 5.41) is 6.14. The van der Waals surface area contributed by atoms with Crippen LogP contribution in [0.2, 0.25) is 0 Å². The molecule has 0 aromatic heterocycles. The van der Waals surface area contributed by atoms with Gasteiger partial charge in [-0.05, 0) is 30.0 Å². The highest BCUT2D eigenvalue weighted by molar-refractivity contribution is 5.89. The van der Waals surface area contributed by atoms with Crippen LogP contribution in [0.15, 0.2) is 60.7 Å². The number of carbonyl (C=O) groups excluding carboxylic acids is 2. The first-order chi connectivity index (χ1) is 13.0. The van der Waals surface area contributed by atoms with Crippen molar-refractivity contribution in [2.24, 2.45) is 5.92 Å². The predicted octanol–water partition coefficient (Wildman–Crippen LogP) is 3.41. The van der Waals surface area contributed by atoms with Crippen molar-refractivity contribution in [1.82, 2.24) is 5.32 Å². The fourth-order valence-corrected chi connectivity index (χ4v) is 2.90. The maximum atomic E-state index is 12.9. The minimum atomic E-state index is -0.725. The van der Waals surface area contributed by atoms with E-state index in [1.165, 1.54) is 7.11 Å². The minimum Gasteiger partial charge on any atom is -0.467 e. The number of methoxy groups -OCH3 is 1. The molecule has 0 aliphatic rings. The third-order valence-corrected chi connectivity index (χ3v) is 4.22. The first kappa shape index (κ1) is 20.5. The van der Waals surface area contributed by atoms with Gasteiger partial charge in [0.1, 0.15) is 12.1 Å². The van der Waals surface area contributed by atoms with Crippen LogP contribution in [0.25, 0.3) is 0 Å². The SMILES string of the molecule is COC(=O)[C@H](Cc1ccccc1)NC(=O)[C@H](CC(C)C)Nc1ccccc1. The van der Waals surface area contributed by atoms with E-state index in [1.807, 2.05) is 60.7 Å². The molecule has 5 nitrogen and oxygen atoms in total. The van der Waals surface area contributed by atoms with Crippen LogP contribution >= 0.6 is 0 Å². The quantitative estimate of drug-likeness (QED) is 0.666. The third-order valence-electron chi connectivity index (χ3n) is 4.22. The summed E-state index contributed by atoms with van der Waals surface area (Å²) in [6.07, 6.45) is 1.04. The second-order valence-corrected chi connectivity index (χ2v) is 6.97. The molecule has 0 aliphatic carbocycles. The van der Waals surface area contributed by atoms with E-state index in [4.69, 9.17) is 4.74 Å². The molecule has 0 fully saturated rings. The first-order valence-corrected chi connectivity index (χ1v) is 9.23. The molecule has 0 saturated heterocycles. The topological polar surface area (TPSA) is 67.4 Å². The number of carbonyl (C=O) groups is 2. The molecule has 2 rings (SSSR count). The van der Waals surface area contributed by atoms with Crippen LogP contribution in [0.5, 0.6) is 0 Å². The van der Waals surface area contributed by atoms with Crippen molar-refractivity contribution in [2.45, 2.75) is 38.8 Å². The number of benzene rings is 2. The lowest BCUT2D eigenvalue weighted by atomic mass is 10.0. The number of hydrogen-bond acceptors (Lipinski definition) is 4. The standard InChI is InChI=1S/C22H28N2O3/c1-16(2)14-19(23-18-12-8-5-9-13-18)21(25)24-20(22(26)27-3)15-17-10-6-4-7-11-17/h4-13,16,19-20,23H,14-15H2,1-3H3,(H,24,25)/t19-,20-/m0/s1. The summed E-state index contributed by atoms with van der Waals surface area (Å²) in [5.41, 5.74) is 1.83. The zero-order valence-electron chi connectivity index (χ0n) is 16.1. The second kappa shape index (κ2) is 10.4. The minimum absolute atomic E-state index is 0.209. The highest BCUT2D eigenvalue weighted by atomic mass is 16.5. The molecule has 0 aliphatic heterocycles. The van der Waals surface area contributed by atoms with Crippen molar-refractivity contribution < 1.29 is 14.3 Å². The summed E-state index contributed by atoms with van der Waals surface area (Å²) in [6, 6.07) is 18.0. The third kappa shape index (κ3) is 6.77. The number of anilines is 1. The smallest absolute Gasteiger partial charge is 0.328 e. The van der Waals surface area contributed by atoms with Crippen molar-refractivity contribution in [3.8, 4) is 0 Å². The lowest BCUT2D eigenvalue weighted by Crippen LogP contribution is -2.49. The van der Waals surface area contributed by atoms with Gasteiger partial charge in [-0.3, -0.25) is 4.79 Å². The molecule has 0 heterocycles. The molecule has 2 N–H and O–H groups in total. The van der Waals surface area contributed by atoms with Gasteiger partial charge in [0.25, 0.3) is 0 Å². The van der Waals surface area contributed by atoms with Gasteiger partial charge in [-0.2, -0.15) is 0 Å². The Kier molecular flexibility index (Phi) is 7.86. The van der Waals surface area contributed by atoms with Crippen LogP contribution in [-0.4, -0.2) is 31.1 Å². The van der Waals surface area contributed by atoms with E-state index in [9.17, 15) is 9.59 Å². The maximum absolute atomic E-state index is 12.9. The number of ether oxygens (including phenoxy) is 1. The van der Waals surface area contributed by atoms with Crippen molar-refractivity contribution >= 4 is 17.6 Å². The lowest BCUT2D eigenvalue weighted by Gasteiger charge is -2.24. The van der Waals surface area contributed by atoms with E-state index < -0.39 is 18.1 Å². The van der Waals surface area contributed by atoms with Crippen LogP contribution in [0.4, 0.5) is 5.69 Å². The second-order valence-electron chi connectivity index (χ2n) is 6.97. The van der Waals surface area contributed by atoms with Crippen LogP contribution in [0, 0.1) is 5.92 Å². The van der Waals surface area contributed by atoms with Gasteiger partial charge in [-0.15, -0.1) is 0 Å². The average Bonchev–Trinajstić information content (AvgIpc) is 2.67. The van der Waals surface area contributed by atoms with Gasteiger partial charge in [-0.1, -0.05) is 62.4 Å². The Morgan fingerprint density at radius 2 is 1.52 bits per heavy atom. The number of para-hydroxylation sites is 1. The predicted molar refractivity (Wildman–Crippen MR) is 107 cm³/mol. The molecule has 1 amide bonds. The Morgan fingerprint density at radius 3 is 2.07 bits per heavy atom. The zero-order valence-corrected chi connectivity index (χ0v) is 16.1. The summed E-state index contributed by atoms with van der Waals surface area (Å²) >= 11 is 0. The molecule has 0 saturated carbocycles. The zero-order chi connectivity index (χ0) is 19.6. The van der Waals surface area contributed by atoms with Crippen molar-refractivity contribution in [1.29, 1.82) is 0 Å². The van der Waals surface area contributed by atoms with E-state index in [-0.39, 0.29) is 5.91 Å². The molecule has 2 aromatic rings. The molecule has 0 bridgehead atoms. The van der Waals surface area contributed by atoms with E-state index in [0.29, 0.717) is 18.8 Å². The molecular formula is C22H28N2O3. The highest BCUT2D eigenvalue weighted by Crippen LogP contribution is 2.14. The Hall–Kier alpha value is -2.82. The first-order valence-electron chi connectivity index (χ1n) is 9.23. The number of hydrogen-bond donors (Lipinski definition) is 2. The van der Waals surface area contributed by atoms with Crippen LogP contribution in [0.1, 0.15) is 25.8 Å². The van der Waals surface area contributed by atoms with E-state index >= 15 is 0 Å². The Bertz CT molecular complexity index is 717. The summed E-state index contributed by atoms with van der Waals surface area (Å²) in [7, 11) is 1.33. The molecule has 0 spiro atoms. The van der Waals surface area contributed by atoms with Crippen LogP contribution in [0.3, 0.4) is 0 Å². The van der Waals surface area contributed by atoms with Gasteiger partial charge >= 0.3 is 5.97 Å². The van der Waals surface area contributed by atoms with Gasteiger partial charge in [0.05, 0.1) is 7.11 Å². The molecule has 0 unspecified atom stereocenters. The molecule has 27 heavy (non-hydrogen) atoms. The molecule has 2 atom stereocenters. The van der Waals surface area contributed by atoms with Crippen LogP contribution in [-0.2, 0) is 20.7 Å². The van der Waals surface area contributed by atoms with Gasteiger partial charge < -0.3 is 15.4 Å². The number of amides is 1. The number of esters is 1. The maximum Gasteiger partial charge on any atom is 0.328 e. The number of rotatable bonds is 9. The fourth-order valence-electron chi connectivity index (χ4n) is 2.90. The van der Waals surface area contributed by atoms with Crippen LogP contribution < -0.4 is 10.6 Å². The fraction of sp³-hybridized carbons (Fsp3) is 0.364. The van der Waals surface area contributed by atoms with E-state index in [2.05, 4.69) is 24.5 Å². The van der Waals surface area contributed by atoms with Crippen molar-refractivity contribution in [2.75, 3.05) is 12.4 Å². The molecular weight excluding hydrogens is 340 g/mol. The van der Waals surface area contributed by atoms with Crippen molar-refractivity contribution in [3.05, 3.63) is 66.2 Å². The highest BCUT2D eigenvalue weighted by Gasteiger charge is 2.27. The summed E-state index contributed by atoms with van der Waals surface area (Å²) < 4.78 is 4.89. The monoisotopic (exact) mass is 368 g/mol. The Labute approximate surface area is 161 Å². The van der Waals surface area contributed by atoms with Gasteiger partial charge in [0.2, 0.25) is 5.91 Å². The average molecular weight is 368 g/mol. The number of nitrogens with one attached hydrogen (secondary N) is 2. The van der Waals surface area contributed by atoms with Gasteiger partial charge in [-0.25, -0.2) is 4.79 Å². The van der Waals surface area contributed by atoms with E-state index in [1.54, 1.807) is 0 Å². The normalized spacial score (nSPS) is 12.9. The molecule has 0 radical (unpaired) electrons. The summed E-state index contributed by atoms with van der Waals surface area (Å²) in [5.74, 6) is -0.336. The summed E-state index contributed by atoms with van der Waals surface area (Å²) in [6.45, 7) is 4.13. The molecule has 144 valence electrons. The van der Waals surface area contributed by atoms with Crippen molar-refractivity contribution in [3.63, 3.8) is 0 Å². The van der Waals surface area contributed by atoms with E-state index in [0.717, 1.165) is 11.3 Å². The molecule has 2 aromatic carbocycles. The Balaban J connectivity index is 2.11. The largest absolute Gasteiger partial charge is 0.467 e. The molecule has 5 heteroatoms. The lowest BCUT2D eigenvalue weighted by molar-refractivity contribution is -0.145. The summed E-state index contributed by atoms with van der Waals surface area (Å²) in [4.78, 5) is 25.1. The van der Waals surface area contributed by atoms with Gasteiger partial charge in [0.15, 0.2) is 0 Å².